The van der Waals surface area contributed by atoms with Crippen molar-refractivity contribution >= 4 is 55.9 Å². The van der Waals surface area contributed by atoms with E-state index in [1.807, 2.05) is 48.5 Å². The number of aromatic nitrogens is 1. The lowest BCUT2D eigenvalue weighted by atomic mass is 10.2. The first kappa shape index (κ1) is 19.4. The number of amides is 2. The Kier molecular flexibility index (Phi) is 6.84. The van der Waals surface area contributed by atoms with Crippen molar-refractivity contribution < 1.29 is 9.59 Å². The third-order valence-electron chi connectivity index (χ3n) is 3.81. The number of anilines is 2. The van der Waals surface area contributed by atoms with Crippen LogP contribution in [0.2, 0.25) is 0 Å². The van der Waals surface area contributed by atoms with Gasteiger partial charge in [-0.3, -0.25) is 9.59 Å². The van der Waals surface area contributed by atoms with E-state index >= 15 is 0 Å². The Balaban J connectivity index is 1.47. The molecular weight excluding hydrogens is 378 g/mol. The SMILES string of the molecule is CCCCC(=O)Nc1ccc(SCC(=O)Nc2nc3ccccc3s2)cc1. The van der Waals surface area contributed by atoms with Crippen LogP contribution in [-0.2, 0) is 9.59 Å². The third-order valence-corrected chi connectivity index (χ3v) is 5.77. The van der Waals surface area contributed by atoms with Crippen molar-refractivity contribution in [3.63, 3.8) is 0 Å². The molecule has 2 amide bonds. The van der Waals surface area contributed by atoms with Gasteiger partial charge in [-0.2, -0.15) is 0 Å². The minimum absolute atomic E-state index is 0.0347. The van der Waals surface area contributed by atoms with Gasteiger partial charge in [-0.1, -0.05) is 36.8 Å². The molecule has 0 aliphatic rings. The summed E-state index contributed by atoms with van der Waals surface area (Å²) in [5, 5.41) is 6.35. The van der Waals surface area contributed by atoms with Crippen LogP contribution in [-0.4, -0.2) is 22.6 Å². The quantitative estimate of drug-likeness (QED) is 0.514. The summed E-state index contributed by atoms with van der Waals surface area (Å²) in [6.45, 7) is 2.06. The monoisotopic (exact) mass is 399 g/mol. The first-order valence-corrected chi connectivity index (χ1v) is 10.6. The summed E-state index contributed by atoms with van der Waals surface area (Å²) in [6, 6.07) is 15.3. The second-order valence-corrected chi connectivity index (χ2v) is 8.08. The molecule has 2 aromatic carbocycles. The van der Waals surface area contributed by atoms with Crippen LogP contribution in [0.4, 0.5) is 10.8 Å². The standard InChI is InChI=1S/C20H21N3O2S2/c1-2-3-8-18(24)21-14-9-11-15(12-10-14)26-13-19(25)23-20-22-16-6-4-5-7-17(16)27-20/h4-7,9-12H,2-3,8,13H2,1H3,(H,21,24)(H,22,23,25). The molecule has 1 heterocycles. The Labute approximate surface area is 166 Å². The van der Waals surface area contributed by atoms with Gasteiger partial charge in [0.25, 0.3) is 0 Å². The summed E-state index contributed by atoms with van der Waals surface area (Å²) in [4.78, 5) is 29.3. The minimum Gasteiger partial charge on any atom is -0.326 e. The van der Waals surface area contributed by atoms with E-state index in [1.165, 1.54) is 23.1 Å². The van der Waals surface area contributed by atoms with Crippen LogP contribution in [0.5, 0.6) is 0 Å². The van der Waals surface area contributed by atoms with Gasteiger partial charge in [0.1, 0.15) is 0 Å². The molecule has 1 aromatic heterocycles. The molecule has 27 heavy (non-hydrogen) atoms. The van der Waals surface area contributed by atoms with Crippen molar-refractivity contribution in [3.8, 4) is 0 Å². The molecule has 0 fully saturated rings. The largest absolute Gasteiger partial charge is 0.326 e. The smallest absolute Gasteiger partial charge is 0.236 e. The lowest BCUT2D eigenvalue weighted by molar-refractivity contribution is -0.116. The van der Waals surface area contributed by atoms with Crippen LogP contribution >= 0.6 is 23.1 Å². The lowest BCUT2D eigenvalue weighted by Gasteiger charge is -2.06. The summed E-state index contributed by atoms with van der Waals surface area (Å²) in [5.41, 5.74) is 1.67. The number of nitrogens with zero attached hydrogens (tertiary/aromatic N) is 1. The Morgan fingerprint density at radius 3 is 2.56 bits per heavy atom. The summed E-state index contributed by atoms with van der Waals surface area (Å²) in [7, 11) is 0. The van der Waals surface area contributed by atoms with Crippen LogP contribution in [0.15, 0.2) is 53.4 Å². The normalized spacial score (nSPS) is 10.7. The highest BCUT2D eigenvalue weighted by molar-refractivity contribution is 8.00. The van der Waals surface area contributed by atoms with Gasteiger partial charge in [0.2, 0.25) is 11.8 Å². The molecular formula is C20H21N3O2S2. The van der Waals surface area contributed by atoms with E-state index < -0.39 is 0 Å². The second-order valence-electron chi connectivity index (χ2n) is 6.00. The molecule has 2 N–H and O–H groups in total. The van der Waals surface area contributed by atoms with E-state index in [4.69, 9.17) is 0 Å². The molecule has 0 bridgehead atoms. The number of thiazole rings is 1. The molecule has 7 heteroatoms. The first-order chi connectivity index (χ1) is 13.1. The number of carbonyl (C=O) groups excluding carboxylic acids is 2. The fourth-order valence-corrected chi connectivity index (χ4v) is 4.01. The summed E-state index contributed by atoms with van der Waals surface area (Å²) >= 11 is 2.92. The van der Waals surface area contributed by atoms with Gasteiger partial charge >= 0.3 is 0 Å². The number of carbonyl (C=O) groups is 2. The number of thioether (sulfide) groups is 1. The number of benzene rings is 2. The van der Waals surface area contributed by atoms with E-state index in [9.17, 15) is 9.59 Å². The van der Waals surface area contributed by atoms with Crippen molar-refractivity contribution in [2.75, 3.05) is 16.4 Å². The van der Waals surface area contributed by atoms with E-state index in [0.717, 1.165) is 33.6 Å². The van der Waals surface area contributed by atoms with Crippen molar-refractivity contribution in [2.45, 2.75) is 31.1 Å². The first-order valence-electron chi connectivity index (χ1n) is 8.82. The van der Waals surface area contributed by atoms with Crippen LogP contribution in [0, 0.1) is 0 Å². The maximum absolute atomic E-state index is 12.2. The van der Waals surface area contributed by atoms with Gasteiger partial charge in [-0.15, -0.1) is 11.8 Å². The Morgan fingerprint density at radius 2 is 1.81 bits per heavy atom. The van der Waals surface area contributed by atoms with Gasteiger partial charge in [-0.25, -0.2) is 4.98 Å². The highest BCUT2D eigenvalue weighted by Gasteiger charge is 2.08. The van der Waals surface area contributed by atoms with Gasteiger partial charge in [0.05, 0.1) is 16.0 Å². The number of hydrogen-bond acceptors (Lipinski definition) is 5. The molecule has 0 radical (unpaired) electrons. The van der Waals surface area contributed by atoms with E-state index in [-0.39, 0.29) is 11.8 Å². The molecule has 0 spiro atoms. The Bertz CT molecular complexity index is 889. The lowest BCUT2D eigenvalue weighted by Crippen LogP contribution is -2.13. The molecule has 0 unspecified atom stereocenters. The zero-order chi connectivity index (χ0) is 19.1. The number of nitrogens with one attached hydrogen (secondary N) is 2. The van der Waals surface area contributed by atoms with Crippen LogP contribution < -0.4 is 10.6 Å². The van der Waals surface area contributed by atoms with Gasteiger partial charge < -0.3 is 10.6 Å². The zero-order valence-corrected chi connectivity index (χ0v) is 16.7. The van der Waals surface area contributed by atoms with Crippen molar-refractivity contribution in [1.29, 1.82) is 0 Å². The predicted octanol–water partition coefficient (Wildman–Crippen LogP) is 5.16. The average Bonchev–Trinajstić information content (AvgIpc) is 3.08. The van der Waals surface area contributed by atoms with E-state index in [0.29, 0.717) is 17.3 Å². The van der Waals surface area contributed by atoms with Crippen molar-refractivity contribution in [1.82, 2.24) is 4.98 Å². The maximum atomic E-state index is 12.2. The summed E-state index contributed by atoms with van der Waals surface area (Å²) < 4.78 is 1.05. The van der Waals surface area contributed by atoms with Gasteiger partial charge in [0.15, 0.2) is 5.13 Å². The van der Waals surface area contributed by atoms with Gasteiger partial charge in [-0.05, 0) is 42.8 Å². The fourth-order valence-electron chi connectivity index (χ4n) is 2.43. The third kappa shape index (κ3) is 5.80. The number of para-hydroxylation sites is 1. The fraction of sp³-hybridized carbons (Fsp3) is 0.250. The molecule has 0 saturated heterocycles. The van der Waals surface area contributed by atoms with Crippen LogP contribution in [0.1, 0.15) is 26.2 Å². The van der Waals surface area contributed by atoms with Gasteiger partial charge in [0, 0.05) is 17.0 Å². The predicted molar refractivity (Wildman–Crippen MR) is 114 cm³/mol. The average molecular weight is 400 g/mol. The maximum Gasteiger partial charge on any atom is 0.236 e. The molecule has 5 nitrogen and oxygen atoms in total. The second kappa shape index (κ2) is 9.53. The molecule has 0 saturated carbocycles. The molecule has 0 aliphatic carbocycles. The number of hydrogen-bond donors (Lipinski definition) is 2. The molecule has 0 atom stereocenters. The highest BCUT2D eigenvalue weighted by Crippen LogP contribution is 2.26. The van der Waals surface area contributed by atoms with Crippen LogP contribution in [0.25, 0.3) is 10.2 Å². The van der Waals surface area contributed by atoms with Crippen molar-refractivity contribution in [2.24, 2.45) is 0 Å². The summed E-state index contributed by atoms with van der Waals surface area (Å²) in [5.74, 6) is 0.251. The number of unbranched alkanes of at least 4 members (excludes halogenated alkanes) is 1. The number of fused-ring (bicyclic) bond motifs is 1. The zero-order valence-electron chi connectivity index (χ0n) is 15.0. The minimum atomic E-state index is -0.0870. The Morgan fingerprint density at radius 1 is 1.04 bits per heavy atom. The molecule has 3 aromatic rings. The topological polar surface area (TPSA) is 71.1 Å². The Hall–Kier alpha value is -2.38. The molecule has 0 aliphatic heterocycles. The van der Waals surface area contributed by atoms with E-state index in [1.54, 1.807) is 0 Å². The van der Waals surface area contributed by atoms with Crippen molar-refractivity contribution in [3.05, 3.63) is 48.5 Å². The molecule has 140 valence electrons. The summed E-state index contributed by atoms with van der Waals surface area (Å²) in [6.07, 6.45) is 2.44. The number of rotatable bonds is 8. The van der Waals surface area contributed by atoms with E-state index in [2.05, 4.69) is 22.5 Å². The highest BCUT2D eigenvalue weighted by atomic mass is 32.2. The molecule has 3 rings (SSSR count). The van der Waals surface area contributed by atoms with Crippen LogP contribution in [0.3, 0.4) is 0 Å².